The molecule has 2 N–H and O–H groups in total. The molecule has 2 aliphatic rings. The molecule has 40 heavy (non-hydrogen) atoms. The number of carbonyl (C=O) groups is 3. The van der Waals surface area contributed by atoms with E-state index in [1.165, 1.54) is 11.5 Å². The summed E-state index contributed by atoms with van der Waals surface area (Å²) in [5, 5.41) is 23.6. The highest BCUT2D eigenvalue weighted by Crippen LogP contribution is 2.43. The summed E-state index contributed by atoms with van der Waals surface area (Å²) in [6.07, 6.45) is 2.35. The first-order valence-corrected chi connectivity index (χ1v) is 13.6. The molecule has 1 aliphatic heterocycles. The number of hydrogen-bond acceptors (Lipinski definition) is 6. The van der Waals surface area contributed by atoms with Gasteiger partial charge in [0, 0.05) is 30.8 Å². The number of hydrogen-bond donors (Lipinski definition) is 2. The third kappa shape index (κ3) is 5.26. The number of carbonyl (C=O) groups excluding carboxylic acids is 3. The van der Waals surface area contributed by atoms with Crippen LogP contribution in [0.25, 0.3) is 22.0 Å². The summed E-state index contributed by atoms with van der Waals surface area (Å²) in [6, 6.07) is 15.7. The minimum Gasteiger partial charge on any atom is -0.494 e. The molecule has 1 aliphatic carbocycles. The quantitative estimate of drug-likeness (QED) is 0.467. The first-order valence-electron chi connectivity index (χ1n) is 13.6. The van der Waals surface area contributed by atoms with Crippen LogP contribution in [0.5, 0.6) is 5.88 Å². The zero-order chi connectivity index (χ0) is 28.8. The van der Waals surface area contributed by atoms with Crippen LogP contribution in [0.3, 0.4) is 0 Å². The van der Waals surface area contributed by atoms with E-state index in [2.05, 4.69) is 11.4 Å². The summed E-state index contributed by atoms with van der Waals surface area (Å²) in [7, 11) is 0. The highest BCUT2D eigenvalue weighted by molar-refractivity contribution is 5.96. The van der Waals surface area contributed by atoms with Gasteiger partial charge in [-0.1, -0.05) is 36.4 Å². The van der Waals surface area contributed by atoms with Crippen molar-refractivity contribution in [2.45, 2.75) is 77.1 Å². The zero-order valence-corrected chi connectivity index (χ0v) is 23.2. The Morgan fingerprint density at radius 2 is 1.80 bits per heavy atom. The van der Waals surface area contributed by atoms with E-state index in [4.69, 9.17) is 4.74 Å². The molecule has 9 nitrogen and oxygen atoms in total. The number of rotatable bonds is 5. The van der Waals surface area contributed by atoms with Gasteiger partial charge in [0.15, 0.2) is 5.88 Å². The number of amides is 2. The van der Waals surface area contributed by atoms with E-state index < -0.39 is 23.8 Å². The molecular formula is C31H34N4O5. The van der Waals surface area contributed by atoms with Gasteiger partial charge >= 0.3 is 6.09 Å². The number of aromatic hydroxyl groups is 1. The van der Waals surface area contributed by atoms with Gasteiger partial charge in [0.2, 0.25) is 11.8 Å². The second-order valence-corrected chi connectivity index (χ2v) is 11.8. The lowest BCUT2D eigenvalue weighted by atomic mass is 9.97. The first-order chi connectivity index (χ1) is 18.9. The third-order valence-corrected chi connectivity index (χ3v) is 7.76. The summed E-state index contributed by atoms with van der Waals surface area (Å²) in [5.41, 5.74) is 2.63. The number of likely N-dealkylation sites (tertiary alicyclic amines) is 1. The van der Waals surface area contributed by atoms with E-state index in [-0.39, 0.29) is 29.7 Å². The molecule has 5 rings (SSSR count). The Bertz CT molecular complexity index is 1510. The van der Waals surface area contributed by atoms with Crippen LogP contribution in [0.4, 0.5) is 4.79 Å². The lowest BCUT2D eigenvalue weighted by Gasteiger charge is -2.35. The predicted octanol–water partition coefficient (Wildman–Crippen LogP) is 5.01. The molecule has 1 saturated carbocycles. The van der Waals surface area contributed by atoms with E-state index in [0.717, 1.165) is 41.3 Å². The smallest absolute Gasteiger partial charge is 0.411 e. The number of piperidine rings is 1. The maximum absolute atomic E-state index is 13.3. The maximum atomic E-state index is 13.3. The van der Waals surface area contributed by atoms with Crippen molar-refractivity contribution in [1.29, 1.82) is 5.26 Å². The highest BCUT2D eigenvalue weighted by atomic mass is 16.6. The third-order valence-electron chi connectivity index (χ3n) is 7.76. The summed E-state index contributed by atoms with van der Waals surface area (Å²) < 4.78 is 6.86. The van der Waals surface area contributed by atoms with Gasteiger partial charge < -0.3 is 15.2 Å². The fraction of sp³-hybridized carbons (Fsp3) is 0.419. The van der Waals surface area contributed by atoms with Crippen molar-refractivity contribution in [3.63, 3.8) is 0 Å². The van der Waals surface area contributed by atoms with Crippen LogP contribution in [-0.4, -0.2) is 56.2 Å². The first kappa shape index (κ1) is 27.3. The van der Waals surface area contributed by atoms with Crippen LogP contribution < -0.4 is 5.32 Å². The van der Waals surface area contributed by atoms with Crippen LogP contribution in [0, 0.1) is 17.2 Å². The second-order valence-electron chi connectivity index (χ2n) is 11.8. The van der Waals surface area contributed by atoms with Crippen molar-refractivity contribution in [3.8, 4) is 23.1 Å². The molecular weight excluding hydrogens is 508 g/mol. The Morgan fingerprint density at radius 3 is 2.45 bits per heavy atom. The van der Waals surface area contributed by atoms with E-state index in [0.29, 0.717) is 11.9 Å². The van der Waals surface area contributed by atoms with Crippen molar-refractivity contribution in [3.05, 3.63) is 54.1 Å². The summed E-state index contributed by atoms with van der Waals surface area (Å²) in [4.78, 5) is 39.8. The lowest BCUT2D eigenvalue weighted by molar-refractivity contribution is -0.128. The summed E-state index contributed by atoms with van der Waals surface area (Å²) >= 11 is 0. The normalized spacial score (nSPS) is 20.8. The molecule has 2 fully saturated rings. The lowest BCUT2D eigenvalue weighted by Crippen LogP contribution is -2.55. The van der Waals surface area contributed by atoms with Crippen LogP contribution in [0.15, 0.2) is 48.5 Å². The minimum absolute atomic E-state index is 0.00910. The van der Waals surface area contributed by atoms with E-state index in [9.17, 15) is 24.8 Å². The van der Waals surface area contributed by atoms with Crippen LogP contribution >= 0.6 is 0 Å². The van der Waals surface area contributed by atoms with Crippen LogP contribution in [0.1, 0.15) is 57.3 Å². The number of nitrogens with zero attached hydrogens (tertiary/aromatic N) is 3. The Balaban J connectivity index is 1.28. The minimum atomic E-state index is -0.754. The van der Waals surface area contributed by atoms with Gasteiger partial charge in [0.05, 0.1) is 11.6 Å². The topological polar surface area (TPSA) is 125 Å². The van der Waals surface area contributed by atoms with Gasteiger partial charge in [0.25, 0.3) is 0 Å². The molecule has 2 bridgehead atoms. The monoisotopic (exact) mass is 542 g/mol. The van der Waals surface area contributed by atoms with Gasteiger partial charge in [-0.25, -0.2) is 4.79 Å². The number of nitriles is 1. The number of aromatic nitrogens is 1. The van der Waals surface area contributed by atoms with Crippen LogP contribution in [-0.2, 0) is 16.0 Å². The average molecular weight is 543 g/mol. The predicted molar refractivity (Wildman–Crippen MR) is 150 cm³/mol. The molecule has 1 saturated heterocycles. The fourth-order valence-electron chi connectivity index (χ4n) is 6.05. The Labute approximate surface area is 233 Å². The molecule has 4 atom stereocenters. The molecule has 2 heterocycles. The Morgan fingerprint density at radius 1 is 1.10 bits per heavy atom. The largest absolute Gasteiger partial charge is 0.494 e. The van der Waals surface area contributed by atoms with E-state index in [1.54, 1.807) is 31.7 Å². The Kier molecular flexibility index (Phi) is 7.05. The van der Waals surface area contributed by atoms with Crippen molar-refractivity contribution in [2.75, 3.05) is 0 Å². The van der Waals surface area contributed by atoms with Crippen molar-refractivity contribution in [1.82, 2.24) is 14.8 Å². The molecule has 208 valence electrons. The molecule has 3 aromatic rings. The molecule has 9 heteroatoms. The summed E-state index contributed by atoms with van der Waals surface area (Å²) in [5.74, 6) is -0.616. The Hall–Kier alpha value is -4.32. The van der Waals surface area contributed by atoms with Crippen LogP contribution in [0.2, 0.25) is 0 Å². The molecule has 0 spiro atoms. The van der Waals surface area contributed by atoms with Crippen molar-refractivity contribution >= 4 is 28.8 Å². The number of fused-ring (bicyclic) bond motifs is 3. The molecule has 4 unspecified atom stereocenters. The van der Waals surface area contributed by atoms with Gasteiger partial charge in [-0.3, -0.25) is 19.1 Å². The molecule has 2 amide bonds. The molecule has 1 aromatic heterocycles. The van der Waals surface area contributed by atoms with Gasteiger partial charge in [-0.15, -0.1) is 0 Å². The molecule has 0 radical (unpaired) electrons. The number of nitrogens with one attached hydrogen (secondary N) is 1. The fourth-order valence-corrected chi connectivity index (χ4v) is 6.05. The SMILES string of the molecule is CC(=O)n1c(O)cc2ccc(-c3ccc(CC(C#N)NC(=O)C4C5CCC(C5)N4C(=O)OC(C)(C)C)cc3)cc21. The number of benzene rings is 2. The zero-order valence-electron chi connectivity index (χ0n) is 23.2. The second kappa shape index (κ2) is 10.3. The molecule has 2 aromatic carbocycles. The van der Waals surface area contributed by atoms with Gasteiger partial charge in [0.1, 0.15) is 17.7 Å². The number of ether oxygens (including phenoxy) is 1. The summed E-state index contributed by atoms with van der Waals surface area (Å²) in [6.45, 7) is 6.81. The van der Waals surface area contributed by atoms with Gasteiger partial charge in [-0.05, 0) is 68.7 Å². The highest BCUT2D eigenvalue weighted by Gasteiger charge is 2.52. The van der Waals surface area contributed by atoms with E-state index >= 15 is 0 Å². The van der Waals surface area contributed by atoms with E-state index in [1.807, 2.05) is 42.5 Å². The standard InChI is InChI=1S/C31H34N4O5/c1-18(36)34-26-15-21(9-10-22(26)16-27(34)37)20-7-5-19(6-8-20)13-24(17-32)33-29(38)28-23-11-12-25(14-23)35(28)30(39)40-31(2,3)4/h5-10,15-16,23-25,28,37H,11-14H2,1-4H3,(H,33,38). The van der Waals surface area contributed by atoms with Gasteiger partial charge in [-0.2, -0.15) is 5.26 Å². The average Bonchev–Trinajstić information content (AvgIpc) is 3.59. The van der Waals surface area contributed by atoms with Crippen molar-refractivity contribution in [2.24, 2.45) is 5.92 Å². The van der Waals surface area contributed by atoms with Crippen molar-refractivity contribution < 1.29 is 24.2 Å². The maximum Gasteiger partial charge on any atom is 0.411 e.